The number of carbonyl (C=O) groups is 3. The average molecular weight is 316 g/mol. The molecule has 2 amide bonds. The fourth-order valence-corrected chi connectivity index (χ4v) is 3.19. The summed E-state index contributed by atoms with van der Waals surface area (Å²) in [6.45, 7) is 1.46. The number of benzene rings is 1. The molecule has 2 aliphatic rings. The molecule has 1 aromatic carbocycles. The smallest absolute Gasteiger partial charge is 0.308 e. The number of piperidine rings is 1. The van der Waals surface area contributed by atoms with Gasteiger partial charge in [-0.2, -0.15) is 0 Å². The number of nitrogens with zero attached hydrogens (tertiary/aromatic N) is 2. The molecule has 2 heterocycles. The highest BCUT2D eigenvalue weighted by molar-refractivity contribution is 5.97. The third kappa shape index (κ3) is 3.21. The first-order valence-electron chi connectivity index (χ1n) is 7.99. The van der Waals surface area contributed by atoms with Gasteiger partial charge in [0.25, 0.3) is 5.91 Å². The first kappa shape index (κ1) is 15.5. The fourth-order valence-electron chi connectivity index (χ4n) is 3.19. The van der Waals surface area contributed by atoms with Gasteiger partial charge in [-0.15, -0.1) is 0 Å². The Hall–Kier alpha value is -2.37. The Labute approximate surface area is 134 Å². The molecule has 1 aromatic rings. The first-order valence-corrected chi connectivity index (χ1v) is 7.99. The van der Waals surface area contributed by atoms with Crippen LogP contribution in [0, 0.1) is 5.92 Å². The van der Waals surface area contributed by atoms with Crippen LogP contribution in [0.15, 0.2) is 24.3 Å². The van der Waals surface area contributed by atoms with Crippen LogP contribution in [0.3, 0.4) is 0 Å². The summed E-state index contributed by atoms with van der Waals surface area (Å²) in [7, 11) is 0. The zero-order valence-electron chi connectivity index (χ0n) is 12.9. The van der Waals surface area contributed by atoms with Crippen LogP contribution in [-0.2, 0) is 9.59 Å². The van der Waals surface area contributed by atoms with Crippen LogP contribution in [0.25, 0.3) is 0 Å². The molecule has 0 aromatic heterocycles. The van der Waals surface area contributed by atoms with Crippen molar-refractivity contribution in [1.29, 1.82) is 0 Å². The summed E-state index contributed by atoms with van der Waals surface area (Å²) in [4.78, 5) is 38.7. The van der Waals surface area contributed by atoms with E-state index in [2.05, 4.69) is 0 Å². The van der Waals surface area contributed by atoms with Crippen molar-refractivity contribution in [3.05, 3.63) is 29.8 Å². The number of carboxylic acids is 1. The largest absolute Gasteiger partial charge is 0.481 e. The van der Waals surface area contributed by atoms with Crippen molar-refractivity contribution in [3.63, 3.8) is 0 Å². The number of hydrogen-bond acceptors (Lipinski definition) is 3. The predicted molar refractivity (Wildman–Crippen MR) is 84.3 cm³/mol. The number of rotatable bonds is 3. The van der Waals surface area contributed by atoms with Gasteiger partial charge < -0.3 is 14.9 Å². The summed E-state index contributed by atoms with van der Waals surface area (Å²) >= 11 is 0. The summed E-state index contributed by atoms with van der Waals surface area (Å²) < 4.78 is 0. The van der Waals surface area contributed by atoms with Crippen LogP contribution >= 0.6 is 0 Å². The Morgan fingerprint density at radius 1 is 1.09 bits per heavy atom. The second-order valence-corrected chi connectivity index (χ2v) is 6.12. The Morgan fingerprint density at radius 2 is 1.83 bits per heavy atom. The van der Waals surface area contributed by atoms with E-state index >= 15 is 0 Å². The summed E-state index contributed by atoms with van der Waals surface area (Å²) in [5.41, 5.74) is 1.35. The van der Waals surface area contributed by atoms with Gasteiger partial charge in [0.05, 0.1) is 5.92 Å². The molecule has 122 valence electrons. The van der Waals surface area contributed by atoms with Gasteiger partial charge in [-0.1, -0.05) is 0 Å². The van der Waals surface area contributed by atoms with E-state index in [1.807, 2.05) is 0 Å². The van der Waals surface area contributed by atoms with E-state index in [-0.39, 0.29) is 18.4 Å². The number of carbonyl (C=O) groups excluding carboxylic acids is 2. The van der Waals surface area contributed by atoms with Crippen molar-refractivity contribution in [2.75, 3.05) is 24.5 Å². The third-order valence-electron chi connectivity index (χ3n) is 4.57. The van der Waals surface area contributed by atoms with Crippen molar-refractivity contribution < 1.29 is 19.5 Å². The van der Waals surface area contributed by atoms with E-state index in [0.29, 0.717) is 24.9 Å². The van der Waals surface area contributed by atoms with E-state index in [9.17, 15) is 14.4 Å². The minimum atomic E-state index is -0.848. The van der Waals surface area contributed by atoms with Gasteiger partial charge in [0.2, 0.25) is 5.91 Å². The molecule has 1 atom stereocenters. The van der Waals surface area contributed by atoms with Gasteiger partial charge in [0.1, 0.15) is 0 Å². The molecular weight excluding hydrogens is 296 g/mol. The molecule has 3 rings (SSSR count). The average Bonchev–Trinajstić information content (AvgIpc) is 3.05. The zero-order valence-corrected chi connectivity index (χ0v) is 12.9. The lowest BCUT2D eigenvalue weighted by molar-refractivity contribution is -0.141. The molecule has 6 nitrogen and oxygen atoms in total. The molecular formula is C17H20N2O4. The number of carboxylic acid groups (broad SMARTS) is 1. The van der Waals surface area contributed by atoms with E-state index in [0.717, 1.165) is 25.1 Å². The monoisotopic (exact) mass is 316 g/mol. The van der Waals surface area contributed by atoms with E-state index in [1.165, 1.54) is 0 Å². The fraction of sp³-hybridized carbons (Fsp3) is 0.471. The SMILES string of the molecule is O=C(O)C1CCN(C(=O)c2ccc(N3CCCCC3=O)cc2)C1. The second-order valence-electron chi connectivity index (χ2n) is 6.12. The Kier molecular flexibility index (Phi) is 4.32. The van der Waals surface area contributed by atoms with Crippen molar-refractivity contribution in [2.45, 2.75) is 25.7 Å². The van der Waals surface area contributed by atoms with E-state index < -0.39 is 11.9 Å². The Morgan fingerprint density at radius 3 is 2.43 bits per heavy atom. The minimum absolute atomic E-state index is 0.124. The lowest BCUT2D eigenvalue weighted by Gasteiger charge is -2.27. The van der Waals surface area contributed by atoms with Crippen LogP contribution in [0.2, 0.25) is 0 Å². The molecule has 0 spiro atoms. The summed E-state index contributed by atoms with van der Waals surface area (Å²) in [5, 5.41) is 9.01. The molecule has 23 heavy (non-hydrogen) atoms. The van der Waals surface area contributed by atoms with Gasteiger partial charge in [-0.05, 0) is 43.5 Å². The van der Waals surface area contributed by atoms with Gasteiger partial charge in [-0.25, -0.2) is 0 Å². The highest BCUT2D eigenvalue weighted by Crippen LogP contribution is 2.23. The molecule has 0 bridgehead atoms. The molecule has 0 aliphatic carbocycles. The van der Waals surface area contributed by atoms with E-state index in [1.54, 1.807) is 34.1 Å². The van der Waals surface area contributed by atoms with E-state index in [4.69, 9.17) is 5.11 Å². The first-order chi connectivity index (χ1) is 11.1. The summed E-state index contributed by atoms with van der Waals surface area (Å²) in [5.74, 6) is -1.34. The van der Waals surface area contributed by atoms with Crippen molar-refractivity contribution in [1.82, 2.24) is 4.90 Å². The summed E-state index contributed by atoms with van der Waals surface area (Å²) in [6.07, 6.45) is 3.01. The molecule has 0 saturated carbocycles. The van der Waals surface area contributed by atoms with Gasteiger partial charge in [0, 0.05) is 37.3 Å². The molecule has 2 aliphatic heterocycles. The maximum atomic E-state index is 12.4. The maximum Gasteiger partial charge on any atom is 0.308 e. The molecule has 0 radical (unpaired) electrons. The molecule has 1 unspecified atom stereocenters. The van der Waals surface area contributed by atoms with Gasteiger partial charge >= 0.3 is 5.97 Å². The lowest BCUT2D eigenvalue weighted by Crippen LogP contribution is -2.35. The van der Waals surface area contributed by atoms with Crippen LogP contribution in [0.4, 0.5) is 5.69 Å². The maximum absolute atomic E-state index is 12.4. The number of anilines is 1. The topological polar surface area (TPSA) is 77.9 Å². The standard InChI is InChI=1S/C17H20N2O4/c20-15-3-1-2-9-19(15)14-6-4-12(5-7-14)16(21)18-10-8-13(11-18)17(22)23/h4-7,13H,1-3,8-11H2,(H,22,23). The summed E-state index contributed by atoms with van der Waals surface area (Å²) in [6, 6.07) is 7.02. The molecule has 2 fully saturated rings. The predicted octanol–water partition coefficient (Wildman–Crippen LogP) is 1.75. The number of amides is 2. The van der Waals surface area contributed by atoms with Crippen molar-refractivity contribution in [3.8, 4) is 0 Å². The zero-order chi connectivity index (χ0) is 16.4. The Bertz CT molecular complexity index is 626. The molecule has 1 N–H and O–H groups in total. The van der Waals surface area contributed by atoms with Gasteiger partial charge in [0.15, 0.2) is 0 Å². The van der Waals surface area contributed by atoms with Crippen LogP contribution in [0.5, 0.6) is 0 Å². The second kappa shape index (κ2) is 6.40. The van der Waals surface area contributed by atoms with Crippen LogP contribution < -0.4 is 4.90 Å². The quantitative estimate of drug-likeness (QED) is 0.921. The number of hydrogen-bond donors (Lipinski definition) is 1. The van der Waals surface area contributed by atoms with Crippen LogP contribution in [0.1, 0.15) is 36.0 Å². The number of likely N-dealkylation sites (tertiary alicyclic amines) is 1. The van der Waals surface area contributed by atoms with Crippen molar-refractivity contribution >= 4 is 23.5 Å². The van der Waals surface area contributed by atoms with Gasteiger partial charge in [-0.3, -0.25) is 14.4 Å². The highest BCUT2D eigenvalue weighted by atomic mass is 16.4. The molecule has 2 saturated heterocycles. The third-order valence-corrected chi connectivity index (χ3v) is 4.57. The van der Waals surface area contributed by atoms with Crippen LogP contribution in [-0.4, -0.2) is 47.4 Å². The minimum Gasteiger partial charge on any atom is -0.481 e. The Balaban J connectivity index is 1.68. The van der Waals surface area contributed by atoms with Crippen molar-refractivity contribution in [2.24, 2.45) is 5.92 Å². The highest BCUT2D eigenvalue weighted by Gasteiger charge is 2.31. The molecule has 6 heteroatoms. The lowest BCUT2D eigenvalue weighted by atomic mass is 10.1. The normalized spacial score (nSPS) is 21.6. The number of aliphatic carboxylic acids is 1.